The summed E-state index contributed by atoms with van der Waals surface area (Å²) in [6.07, 6.45) is 1.64. The van der Waals surface area contributed by atoms with E-state index in [-0.39, 0.29) is 12.5 Å². The number of aromatic nitrogens is 1. The van der Waals surface area contributed by atoms with Gasteiger partial charge in [-0.1, -0.05) is 0 Å². The number of rotatable bonds is 3. The number of thiophene rings is 1. The number of hydrogen-bond acceptors (Lipinski definition) is 5. The lowest BCUT2D eigenvalue weighted by atomic mass is 10.2. The number of aryl methyl sites for hydroxylation is 2. The van der Waals surface area contributed by atoms with Crippen LogP contribution in [0, 0.1) is 13.8 Å². The normalized spacial score (nSPS) is 16.4. The number of amides is 1. The number of nitrogens with two attached hydrogens (primary N) is 1. The summed E-state index contributed by atoms with van der Waals surface area (Å²) in [5.41, 5.74) is 7.94. The molecule has 4 N–H and O–H groups in total. The van der Waals surface area contributed by atoms with E-state index in [0.29, 0.717) is 10.6 Å². The maximum absolute atomic E-state index is 12.3. The molecule has 20 heavy (non-hydrogen) atoms. The van der Waals surface area contributed by atoms with Crippen LogP contribution in [0.15, 0.2) is 6.07 Å². The second-order valence-electron chi connectivity index (χ2n) is 5.46. The standard InChI is InChI=1S/C14H17N3O2S/c1-7-5-9-10(8(2)16-7)11(15)12(20-9)13(19)17-14(6-18)3-4-14/h5,18H,3-4,6,15H2,1-2H3,(H,17,19). The number of aliphatic hydroxyl groups is 1. The molecule has 1 amide bonds. The van der Waals surface area contributed by atoms with Gasteiger partial charge in [-0.05, 0) is 32.8 Å². The number of nitrogens with zero attached hydrogens (tertiary/aromatic N) is 1. The van der Waals surface area contributed by atoms with Crippen molar-refractivity contribution in [1.82, 2.24) is 10.3 Å². The predicted octanol–water partition coefficient (Wildman–Crippen LogP) is 1.75. The topological polar surface area (TPSA) is 88.2 Å². The van der Waals surface area contributed by atoms with Crippen molar-refractivity contribution in [2.75, 3.05) is 12.3 Å². The molecule has 6 heteroatoms. The third kappa shape index (κ3) is 2.05. The highest BCUT2D eigenvalue weighted by atomic mass is 32.1. The fourth-order valence-corrected chi connectivity index (χ4v) is 3.58. The Bertz CT molecular complexity index is 704. The van der Waals surface area contributed by atoms with Crippen LogP contribution in [0.2, 0.25) is 0 Å². The monoisotopic (exact) mass is 291 g/mol. The fourth-order valence-electron chi connectivity index (χ4n) is 2.42. The van der Waals surface area contributed by atoms with E-state index in [1.807, 2.05) is 19.9 Å². The summed E-state index contributed by atoms with van der Waals surface area (Å²) in [5.74, 6) is -0.202. The lowest BCUT2D eigenvalue weighted by Gasteiger charge is -2.13. The van der Waals surface area contributed by atoms with Crippen LogP contribution in [-0.2, 0) is 0 Å². The smallest absolute Gasteiger partial charge is 0.264 e. The summed E-state index contributed by atoms with van der Waals surface area (Å²) < 4.78 is 0.978. The SMILES string of the molecule is Cc1cc2sc(C(=O)NC3(CO)CC3)c(N)c2c(C)n1. The van der Waals surface area contributed by atoms with Crippen LogP contribution in [0.3, 0.4) is 0 Å². The van der Waals surface area contributed by atoms with E-state index in [9.17, 15) is 9.90 Å². The van der Waals surface area contributed by atoms with Gasteiger partial charge in [0.05, 0.1) is 17.8 Å². The van der Waals surface area contributed by atoms with Gasteiger partial charge in [-0.25, -0.2) is 0 Å². The third-order valence-corrected chi connectivity index (χ3v) is 4.91. The van der Waals surface area contributed by atoms with Crippen LogP contribution in [0.4, 0.5) is 5.69 Å². The van der Waals surface area contributed by atoms with Crippen molar-refractivity contribution in [2.24, 2.45) is 0 Å². The number of pyridine rings is 1. The molecule has 0 spiro atoms. The van der Waals surface area contributed by atoms with Crippen molar-refractivity contribution in [3.05, 3.63) is 22.3 Å². The lowest BCUT2D eigenvalue weighted by Crippen LogP contribution is -2.39. The molecule has 5 nitrogen and oxygen atoms in total. The number of hydrogen-bond donors (Lipinski definition) is 3. The number of nitrogens with one attached hydrogen (secondary N) is 1. The maximum atomic E-state index is 12.3. The number of fused-ring (bicyclic) bond motifs is 1. The summed E-state index contributed by atoms with van der Waals surface area (Å²) >= 11 is 1.38. The highest BCUT2D eigenvalue weighted by Gasteiger charge is 2.44. The number of aliphatic hydroxyl groups excluding tert-OH is 1. The predicted molar refractivity (Wildman–Crippen MR) is 80.0 cm³/mol. The van der Waals surface area contributed by atoms with Crippen LogP contribution in [-0.4, -0.2) is 28.1 Å². The molecule has 0 bridgehead atoms. The van der Waals surface area contributed by atoms with Gasteiger partial charge in [-0.15, -0.1) is 11.3 Å². The molecular weight excluding hydrogens is 274 g/mol. The van der Waals surface area contributed by atoms with Gasteiger partial charge in [0.15, 0.2) is 0 Å². The molecule has 0 radical (unpaired) electrons. The molecule has 1 aliphatic rings. The largest absolute Gasteiger partial charge is 0.397 e. The molecule has 0 unspecified atom stereocenters. The Balaban J connectivity index is 2.02. The first-order valence-electron chi connectivity index (χ1n) is 6.55. The van der Waals surface area contributed by atoms with Crippen molar-refractivity contribution in [3.8, 4) is 0 Å². The van der Waals surface area contributed by atoms with Crippen LogP contribution in [0.25, 0.3) is 10.1 Å². The van der Waals surface area contributed by atoms with Gasteiger partial charge in [0.1, 0.15) is 4.88 Å². The lowest BCUT2D eigenvalue weighted by molar-refractivity contribution is 0.0912. The Morgan fingerprint density at radius 1 is 1.55 bits per heavy atom. The highest BCUT2D eigenvalue weighted by molar-refractivity contribution is 7.21. The zero-order chi connectivity index (χ0) is 14.5. The molecule has 1 aliphatic carbocycles. The van der Waals surface area contributed by atoms with Gasteiger partial charge >= 0.3 is 0 Å². The molecule has 0 aliphatic heterocycles. The zero-order valence-electron chi connectivity index (χ0n) is 11.5. The molecule has 2 heterocycles. The van der Waals surface area contributed by atoms with Crippen molar-refractivity contribution in [2.45, 2.75) is 32.2 Å². The molecule has 1 fully saturated rings. The summed E-state index contributed by atoms with van der Waals surface area (Å²) in [5, 5.41) is 13.0. The minimum absolute atomic E-state index is 0.0246. The molecule has 2 aromatic heterocycles. The van der Waals surface area contributed by atoms with Crippen LogP contribution >= 0.6 is 11.3 Å². The Kier molecular flexibility index (Phi) is 2.95. The number of nitrogen functional groups attached to an aromatic ring is 1. The van der Waals surface area contributed by atoms with Gasteiger partial charge in [-0.3, -0.25) is 9.78 Å². The molecule has 0 saturated heterocycles. The van der Waals surface area contributed by atoms with Gasteiger partial charge in [0.25, 0.3) is 5.91 Å². The van der Waals surface area contributed by atoms with E-state index in [1.165, 1.54) is 11.3 Å². The molecular formula is C14H17N3O2S. The van der Waals surface area contributed by atoms with Crippen molar-refractivity contribution < 1.29 is 9.90 Å². The number of anilines is 1. The molecule has 1 saturated carbocycles. The molecule has 0 aromatic carbocycles. The van der Waals surface area contributed by atoms with E-state index in [0.717, 1.165) is 34.3 Å². The van der Waals surface area contributed by atoms with Crippen LogP contribution in [0.5, 0.6) is 0 Å². The first-order valence-corrected chi connectivity index (χ1v) is 7.37. The second kappa shape index (κ2) is 4.43. The summed E-state index contributed by atoms with van der Waals surface area (Å²) in [6.45, 7) is 3.80. The van der Waals surface area contributed by atoms with Crippen LogP contribution in [0.1, 0.15) is 33.9 Å². The summed E-state index contributed by atoms with van der Waals surface area (Å²) in [7, 11) is 0. The first-order chi connectivity index (χ1) is 9.46. The average Bonchev–Trinajstić information content (AvgIpc) is 3.07. The fraction of sp³-hybridized carbons (Fsp3) is 0.429. The average molecular weight is 291 g/mol. The molecule has 0 atom stereocenters. The van der Waals surface area contributed by atoms with Gasteiger partial charge in [0, 0.05) is 21.5 Å². The van der Waals surface area contributed by atoms with E-state index >= 15 is 0 Å². The molecule has 2 aromatic rings. The molecule has 3 rings (SSSR count). The first kappa shape index (κ1) is 13.3. The maximum Gasteiger partial charge on any atom is 0.264 e. The number of carbonyl (C=O) groups is 1. The molecule has 106 valence electrons. The Morgan fingerprint density at radius 3 is 2.85 bits per heavy atom. The summed E-state index contributed by atoms with van der Waals surface area (Å²) in [4.78, 5) is 17.2. The van der Waals surface area contributed by atoms with E-state index in [1.54, 1.807) is 0 Å². The second-order valence-corrected chi connectivity index (χ2v) is 6.51. The van der Waals surface area contributed by atoms with Gasteiger partial charge in [0.2, 0.25) is 0 Å². The Hall–Kier alpha value is -1.66. The van der Waals surface area contributed by atoms with E-state index in [4.69, 9.17) is 5.73 Å². The van der Waals surface area contributed by atoms with Gasteiger partial charge in [-0.2, -0.15) is 0 Å². The quantitative estimate of drug-likeness (QED) is 0.804. The van der Waals surface area contributed by atoms with Crippen molar-refractivity contribution in [3.63, 3.8) is 0 Å². The highest BCUT2D eigenvalue weighted by Crippen LogP contribution is 2.38. The van der Waals surface area contributed by atoms with Crippen molar-refractivity contribution in [1.29, 1.82) is 0 Å². The Morgan fingerprint density at radius 2 is 2.25 bits per heavy atom. The third-order valence-electron chi connectivity index (χ3n) is 3.76. The Labute approximate surface area is 120 Å². The van der Waals surface area contributed by atoms with Crippen molar-refractivity contribution >= 4 is 33.0 Å². The van der Waals surface area contributed by atoms with Gasteiger partial charge < -0.3 is 16.2 Å². The summed E-state index contributed by atoms with van der Waals surface area (Å²) in [6, 6.07) is 1.94. The zero-order valence-corrected chi connectivity index (χ0v) is 12.3. The van der Waals surface area contributed by atoms with E-state index in [2.05, 4.69) is 10.3 Å². The minimum Gasteiger partial charge on any atom is -0.397 e. The van der Waals surface area contributed by atoms with E-state index < -0.39 is 5.54 Å². The van der Waals surface area contributed by atoms with Crippen LogP contribution < -0.4 is 11.1 Å². The number of carbonyl (C=O) groups excluding carboxylic acids is 1. The minimum atomic E-state index is -0.428.